The minimum atomic E-state index is -0.306. The smallest absolute Gasteiger partial charge is 0.0504 e. The van der Waals surface area contributed by atoms with Crippen LogP contribution in [0.25, 0.3) is 0 Å². The average Bonchev–Trinajstić information content (AvgIpc) is 2.19. The van der Waals surface area contributed by atoms with Crippen molar-refractivity contribution in [2.75, 3.05) is 26.4 Å². The molecule has 4 N–H and O–H groups in total. The predicted molar refractivity (Wildman–Crippen MR) is 55.9 cm³/mol. The van der Waals surface area contributed by atoms with Gasteiger partial charge in [-0.15, -0.1) is 0 Å². The maximum absolute atomic E-state index is 8.43. The summed E-state index contributed by atoms with van der Waals surface area (Å²) in [6, 6.07) is 0. The van der Waals surface area contributed by atoms with Crippen molar-refractivity contribution in [3.05, 3.63) is 0 Å². The van der Waals surface area contributed by atoms with Crippen LogP contribution in [0.15, 0.2) is 0 Å². The second kappa shape index (κ2) is 12.3. The second-order valence-electron chi connectivity index (χ2n) is 4.96. The van der Waals surface area contributed by atoms with Gasteiger partial charge in [-0.05, 0) is 0 Å². The van der Waals surface area contributed by atoms with Crippen LogP contribution < -0.4 is 34.0 Å². The molecule has 0 saturated carbocycles. The van der Waals surface area contributed by atoms with Gasteiger partial charge in [0.1, 0.15) is 0 Å². The van der Waals surface area contributed by atoms with Gasteiger partial charge in [0.05, 0.1) is 26.4 Å². The molecule has 0 rings (SSSR count). The molecule has 16 heavy (non-hydrogen) atoms. The van der Waals surface area contributed by atoms with Gasteiger partial charge in [-0.3, -0.25) is 0 Å². The predicted octanol–water partition coefficient (Wildman–Crippen LogP) is -6.00. The molecule has 0 heterocycles. The molecule has 0 atom stereocenters. The fraction of sp³-hybridized carbons (Fsp3) is 1.00. The van der Waals surface area contributed by atoms with Crippen molar-refractivity contribution >= 4 is 0 Å². The Hall–Kier alpha value is 0.800. The summed E-state index contributed by atoms with van der Waals surface area (Å²) in [5.74, 6) is 0. The molecule has 0 aliphatic heterocycles. The van der Waals surface area contributed by atoms with Gasteiger partial charge >= 0.3 is 0 Å². The van der Waals surface area contributed by atoms with Crippen molar-refractivity contribution in [1.82, 2.24) is 0 Å². The molecule has 0 aromatic heterocycles. The van der Waals surface area contributed by atoms with E-state index in [1.165, 1.54) is 0 Å². The van der Waals surface area contributed by atoms with Crippen LogP contribution in [0.1, 0.15) is 27.7 Å². The van der Waals surface area contributed by atoms with Crippen molar-refractivity contribution in [1.29, 1.82) is 0 Å². The largest absolute Gasteiger partial charge is 1.00 e. The van der Waals surface area contributed by atoms with E-state index in [-0.39, 0.29) is 71.2 Å². The lowest BCUT2D eigenvalue weighted by molar-refractivity contribution is -0.00100. The van der Waals surface area contributed by atoms with E-state index < -0.39 is 0 Å². The van der Waals surface area contributed by atoms with Crippen molar-refractivity contribution < 1.29 is 54.4 Å². The SMILES string of the molecule is CC(C)(CO)CO.CC(C)(CO)CO.[Br-].[Br-]. The molecule has 0 saturated heterocycles. The Morgan fingerprint density at radius 3 is 0.688 bits per heavy atom. The zero-order valence-electron chi connectivity index (χ0n) is 10.4. The van der Waals surface area contributed by atoms with Crippen molar-refractivity contribution in [2.45, 2.75) is 27.7 Å². The van der Waals surface area contributed by atoms with E-state index in [0.29, 0.717) is 0 Å². The Bertz CT molecular complexity index is 113. The van der Waals surface area contributed by atoms with E-state index in [1.807, 2.05) is 0 Å². The summed E-state index contributed by atoms with van der Waals surface area (Å²) in [7, 11) is 0. The zero-order valence-corrected chi connectivity index (χ0v) is 13.5. The van der Waals surface area contributed by atoms with Gasteiger partial charge in [0.15, 0.2) is 0 Å². The maximum atomic E-state index is 8.43. The van der Waals surface area contributed by atoms with E-state index >= 15 is 0 Å². The summed E-state index contributed by atoms with van der Waals surface area (Å²) >= 11 is 0. The van der Waals surface area contributed by atoms with Gasteiger partial charge in [0.2, 0.25) is 0 Å². The molecule has 0 unspecified atom stereocenters. The van der Waals surface area contributed by atoms with E-state index in [9.17, 15) is 0 Å². The van der Waals surface area contributed by atoms with Gasteiger partial charge in [-0.1, -0.05) is 27.7 Å². The Balaban J connectivity index is -0.0000000800. The Morgan fingerprint density at radius 1 is 0.562 bits per heavy atom. The topological polar surface area (TPSA) is 80.9 Å². The van der Waals surface area contributed by atoms with Crippen molar-refractivity contribution in [3.63, 3.8) is 0 Å². The number of hydrogen-bond acceptors (Lipinski definition) is 4. The summed E-state index contributed by atoms with van der Waals surface area (Å²) < 4.78 is 0. The molecule has 0 amide bonds. The quantitative estimate of drug-likeness (QED) is 0.399. The number of hydrogen-bond donors (Lipinski definition) is 4. The highest BCUT2D eigenvalue weighted by Gasteiger charge is 2.13. The molecule has 0 aliphatic carbocycles. The summed E-state index contributed by atoms with van der Waals surface area (Å²) in [5, 5.41) is 33.7. The Kier molecular flexibility index (Phi) is 19.6. The van der Waals surface area contributed by atoms with Crippen molar-refractivity contribution in [3.8, 4) is 0 Å². The minimum Gasteiger partial charge on any atom is -1.00 e. The van der Waals surface area contributed by atoms with E-state index in [1.54, 1.807) is 27.7 Å². The summed E-state index contributed by atoms with van der Waals surface area (Å²) in [4.78, 5) is 0. The normalized spacial score (nSPS) is 10.5. The van der Waals surface area contributed by atoms with E-state index in [2.05, 4.69) is 0 Å². The maximum Gasteiger partial charge on any atom is 0.0504 e. The molecular weight excluding hydrogens is 344 g/mol. The first-order valence-corrected chi connectivity index (χ1v) is 4.68. The molecule has 6 heteroatoms. The Labute approximate surface area is 119 Å². The fourth-order valence-corrected chi connectivity index (χ4v) is 0.1000. The first-order valence-electron chi connectivity index (χ1n) is 4.68. The lowest BCUT2D eigenvalue weighted by Crippen LogP contribution is -3.00. The molecule has 0 spiro atoms. The average molecular weight is 368 g/mol. The number of aliphatic hydroxyl groups excluding tert-OH is 4. The van der Waals surface area contributed by atoms with Crippen LogP contribution in [0.5, 0.6) is 0 Å². The third kappa shape index (κ3) is 17.2. The third-order valence-corrected chi connectivity index (χ3v) is 1.71. The van der Waals surface area contributed by atoms with E-state index in [0.717, 1.165) is 0 Å². The van der Waals surface area contributed by atoms with E-state index in [4.69, 9.17) is 20.4 Å². The number of aliphatic hydroxyl groups is 4. The summed E-state index contributed by atoms with van der Waals surface area (Å²) in [6.07, 6.45) is 0. The van der Waals surface area contributed by atoms with Gasteiger partial charge < -0.3 is 54.4 Å². The molecule has 104 valence electrons. The van der Waals surface area contributed by atoms with Gasteiger partial charge in [0, 0.05) is 10.8 Å². The molecule has 0 aliphatic rings. The van der Waals surface area contributed by atoms with Gasteiger partial charge in [0.25, 0.3) is 0 Å². The standard InChI is InChI=1S/2C5H12O2.2BrH/c2*1-5(2,3-6)4-7;;/h2*6-7H,3-4H2,1-2H3;2*1H/p-2. The minimum absolute atomic E-state index is 0. The second-order valence-corrected chi connectivity index (χ2v) is 4.96. The van der Waals surface area contributed by atoms with Crippen LogP contribution in [0.3, 0.4) is 0 Å². The molecule has 0 aromatic rings. The number of rotatable bonds is 4. The lowest BCUT2D eigenvalue weighted by atomic mass is 9.97. The fourth-order valence-electron chi connectivity index (χ4n) is 0.1000. The highest BCUT2D eigenvalue weighted by molar-refractivity contribution is 4.63. The first kappa shape index (κ1) is 25.6. The molecular formula is C10H24Br2O4-2. The van der Waals surface area contributed by atoms with Gasteiger partial charge in [-0.2, -0.15) is 0 Å². The summed E-state index contributed by atoms with van der Waals surface area (Å²) in [6.45, 7) is 7.38. The molecule has 0 fully saturated rings. The van der Waals surface area contributed by atoms with Gasteiger partial charge in [-0.25, -0.2) is 0 Å². The third-order valence-electron chi connectivity index (χ3n) is 1.71. The monoisotopic (exact) mass is 366 g/mol. The van der Waals surface area contributed by atoms with Crippen molar-refractivity contribution in [2.24, 2.45) is 10.8 Å². The lowest BCUT2D eigenvalue weighted by Gasteiger charge is -2.16. The van der Waals surface area contributed by atoms with Crippen LogP contribution in [0, 0.1) is 10.8 Å². The van der Waals surface area contributed by atoms with Crippen LogP contribution in [0.2, 0.25) is 0 Å². The van der Waals surface area contributed by atoms with Crippen LogP contribution in [-0.2, 0) is 0 Å². The number of halogens is 2. The van der Waals surface area contributed by atoms with Crippen LogP contribution in [-0.4, -0.2) is 46.9 Å². The molecule has 4 nitrogen and oxygen atoms in total. The summed E-state index contributed by atoms with van der Waals surface area (Å²) in [5.41, 5.74) is -0.611. The zero-order chi connectivity index (χ0) is 11.8. The molecule has 0 radical (unpaired) electrons. The van der Waals surface area contributed by atoms with Crippen LogP contribution >= 0.6 is 0 Å². The Morgan fingerprint density at radius 2 is 0.688 bits per heavy atom. The first-order chi connectivity index (χ1) is 6.24. The molecule has 0 aromatic carbocycles. The molecule has 0 bridgehead atoms. The van der Waals surface area contributed by atoms with Crippen LogP contribution in [0.4, 0.5) is 0 Å². The highest BCUT2D eigenvalue weighted by Crippen LogP contribution is 2.10. The highest BCUT2D eigenvalue weighted by atomic mass is 79.9.